The van der Waals surface area contributed by atoms with Crippen molar-refractivity contribution in [3.63, 3.8) is 0 Å². The summed E-state index contributed by atoms with van der Waals surface area (Å²) < 4.78 is 0. The van der Waals surface area contributed by atoms with Gasteiger partial charge in [-0.15, -0.1) is 0 Å². The van der Waals surface area contributed by atoms with Crippen molar-refractivity contribution in [1.29, 1.82) is 0 Å². The highest BCUT2D eigenvalue weighted by atomic mass is 16.2. The van der Waals surface area contributed by atoms with E-state index in [9.17, 15) is 14.4 Å². The summed E-state index contributed by atoms with van der Waals surface area (Å²) in [6.45, 7) is 2.60. The van der Waals surface area contributed by atoms with Crippen LogP contribution in [-0.2, 0) is 14.4 Å². The first kappa shape index (κ1) is 12.2. The molecule has 0 saturated heterocycles. The van der Waals surface area contributed by atoms with Crippen molar-refractivity contribution in [2.75, 3.05) is 13.1 Å². The second kappa shape index (κ2) is 7.80. The highest BCUT2D eigenvalue weighted by Crippen LogP contribution is 1.76. The molecule has 0 aliphatic rings. The Bertz CT molecular complexity index is 276. The fourth-order valence-electron chi connectivity index (χ4n) is 0.714. The van der Waals surface area contributed by atoms with E-state index in [1.807, 2.05) is 18.8 Å². The lowest BCUT2D eigenvalue weighted by Crippen LogP contribution is -2.29. The van der Waals surface area contributed by atoms with Crippen molar-refractivity contribution >= 4 is 18.1 Å². The molecule has 0 aromatic heterocycles. The Hall–Kier alpha value is -1.83. The first-order chi connectivity index (χ1) is 6.70. The Morgan fingerprint density at radius 1 is 1.36 bits per heavy atom. The third-order valence-electron chi connectivity index (χ3n) is 1.26. The largest absolute Gasteiger partial charge is 0.356 e. The lowest BCUT2D eigenvalue weighted by Gasteiger charge is -2.01. The maximum absolute atomic E-state index is 10.9. The minimum Gasteiger partial charge on any atom is -0.356 e. The second-order valence-electron chi connectivity index (χ2n) is 2.35. The number of aldehydes is 1. The summed E-state index contributed by atoms with van der Waals surface area (Å²) >= 11 is 0. The van der Waals surface area contributed by atoms with E-state index in [1.165, 1.54) is 0 Å². The number of amides is 2. The third kappa shape index (κ3) is 6.85. The lowest BCUT2D eigenvalue weighted by molar-refractivity contribution is -0.121. The molecule has 2 amide bonds. The van der Waals surface area contributed by atoms with E-state index < -0.39 is 5.91 Å². The standard InChI is InChI=1S/C9H12N2O3/c1-2-10-9(14)5-6-11-8(13)4-3-7-12/h7H,2,5-6H2,1H3,(H,10,14)(H,11,13). The Kier molecular flexibility index (Phi) is 6.78. The van der Waals surface area contributed by atoms with Crippen molar-refractivity contribution in [2.24, 2.45) is 0 Å². The molecule has 0 unspecified atom stereocenters. The Morgan fingerprint density at radius 3 is 2.64 bits per heavy atom. The lowest BCUT2D eigenvalue weighted by atomic mass is 10.4. The molecule has 0 aliphatic heterocycles. The molecule has 0 saturated carbocycles. The molecule has 0 atom stereocenters. The molecule has 76 valence electrons. The Labute approximate surface area is 82.2 Å². The first-order valence-electron chi connectivity index (χ1n) is 4.20. The number of hydrogen-bond donors (Lipinski definition) is 2. The van der Waals surface area contributed by atoms with Crippen LogP contribution >= 0.6 is 0 Å². The normalized spacial score (nSPS) is 8.07. The molecule has 0 fully saturated rings. The zero-order chi connectivity index (χ0) is 10.8. The number of rotatable bonds is 4. The highest BCUT2D eigenvalue weighted by molar-refractivity contribution is 5.97. The van der Waals surface area contributed by atoms with Gasteiger partial charge in [-0.3, -0.25) is 14.4 Å². The average Bonchev–Trinajstić information content (AvgIpc) is 2.15. The molecule has 14 heavy (non-hydrogen) atoms. The molecular formula is C9H12N2O3. The molecule has 2 N–H and O–H groups in total. The molecule has 0 aliphatic carbocycles. The SMILES string of the molecule is CCNC(=O)CCNC(=O)C#CC=O. The van der Waals surface area contributed by atoms with Crippen LogP contribution in [0.2, 0.25) is 0 Å². The van der Waals surface area contributed by atoms with Gasteiger partial charge < -0.3 is 10.6 Å². The zero-order valence-corrected chi connectivity index (χ0v) is 7.92. The van der Waals surface area contributed by atoms with Gasteiger partial charge in [-0.25, -0.2) is 0 Å². The fraction of sp³-hybridized carbons (Fsp3) is 0.444. The molecule has 0 aromatic carbocycles. The van der Waals surface area contributed by atoms with Gasteiger partial charge in [0.2, 0.25) is 5.91 Å². The van der Waals surface area contributed by atoms with Gasteiger partial charge >= 0.3 is 0 Å². The maximum atomic E-state index is 10.9. The van der Waals surface area contributed by atoms with Crippen LogP contribution in [0, 0.1) is 11.8 Å². The van der Waals surface area contributed by atoms with E-state index in [0.717, 1.165) is 0 Å². The van der Waals surface area contributed by atoms with Crippen molar-refractivity contribution < 1.29 is 14.4 Å². The quantitative estimate of drug-likeness (QED) is 0.439. The van der Waals surface area contributed by atoms with E-state index in [-0.39, 0.29) is 18.9 Å². The van der Waals surface area contributed by atoms with Gasteiger partial charge in [0.25, 0.3) is 5.91 Å². The molecule has 0 rings (SSSR count). The second-order valence-corrected chi connectivity index (χ2v) is 2.35. The van der Waals surface area contributed by atoms with Gasteiger partial charge in [0.1, 0.15) is 0 Å². The van der Waals surface area contributed by atoms with Gasteiger partial charge in [-0.05, 0) is 12.8 Å². The number of hydrogen-bond acceptors (Lipinski definition) is 3. The molecular weight excluding hydrogens is 184 g/mol. The van der Waals surface area contributed by atoms with Gasteiger partial charge in [0.15, 0.2) is 6.29 Å². The van der Waals surface area contributed by atoms with Crippen LogP contribution in [0.3, 0.4) is 0 Å². The van der Waals surface area contributed by atoms with Crippen molar-refractivity contribution in [1.82, 2.24) is 10.6 Å². The van der Waals surface area contributed by atoms with Gasteiger partial charge in [0.05, 0.1) is 0 Å². The predicted octanol–water partition coefficient (Wildman–Crippen LogP) is -1.17. The minimum atomic E-state index is -0.554. The van der Waals surface area contributed by atoms with Gasteiger partial charge in [0, 0.05) is 25.4 Å². The van der Waals surface area contributed by atoms with Crippen LogP contribution in [-0.4, -0.2) is 31.2 Å². The molecule has 0 heterocycles. The summed E-state index contributed by atoms with van der Waals surface area (Å²) in [7, 11) is 0. The van der Waals surface area contributed by atoms with Crippen LogP contribution in [0.25, 0.3) is 0 Å². The molecule has 0 spiro atoms. The van der Waals surface area contributed by atoms with E-state index in [4.69, 9.17) is 0 Å². The average molecular weight is 196 g/mol. The van der Waals surface area contributed by atoms with Crippen LogP contribution in [0.15, 0.2) is 0 Å². The van der Waals surface area contributed by atoms with Crippen LogP contribution < -0.4 is 10.6 Å². The highest BCUT2D eigenvalue weighted by Gasteiger charge is 1.99. The van der Waals surface area contributed by atoms with Crippen LogP contribution in [0.4, 0.5) is 0 Å². The molecule has 0 bridgehead atoms. The molecule has 0 aromatic rings. The number of carbonyl (C=O) groups excluding carboxylic acids is 3. The van der Waals surface area contributed by atoms with E-state index in [2.05, 4.69) is 10.6 Å². The Morgan fingerprint density at radius 2 is 2.07 bits per heavy atom. The zero-order valence-electron chi connectivity index (χ0n) is 7.92. The third-order valence-corrected chi connectivity index (χ3v) is 1.26. The Balaban J connectivity index is 3.58. The van der Waals surface area contributed by atoms with Crippen molar-refractivity contribution in [2.45, 2.75) is 13.3 Å². The van der Waals surface area contributed by atoms with Gasteiger partial charge in [-0.1, -0.05) is 0 Å². The summed E-state index contributed by atoms with van der Waals surface area (Å²) in [5.74, 6) is 3.32. The summed E-state index contributed by atoms with van der Waals surface area (Å²) in [5.41, 5.74) is 0. The number of nitrogens with one attached hydrogen (secondary N) is 2. The first-order valence-corrected chi connectivity index (χ1v) is 4.20. The molecule has 0 radical (unpaired) electrons. The topological polar surface area (TPSA) is 75.3 Å². The van der Waals surface area contributed by atoms with Crippen molar-refractivity contribution in [3.8, 4) is 11.8 Å². The molecule has 5 heteroatoms. The van der Waals surface area contributed by atoms with Crippen LogP contribution in [0.1, 0.15) is 13.3 Å². The smallest absolute Gasteiger partial charge is 0.296 e. The van der Waals surface area contributed by atoms with E-state index in [1.54, 1.807) is 0 Å². The summed E-state index contributed by atoms with van der Waals surface area (Å²) in [5, 5.41) is 4.95. The predicted molar refractivity (Wildman–Crippen MR) is 50.2 cm³/mol. The van der Waals surface area contributed by atoms with E-state index in [0.29, 0.717) is 12.8 Å². The fourth-order valence-corrected chi connectivity index (χ4v) is 0.714. The van der Waals surface area contributed by atoms with Gasteiger partial charge in [-0.2, -0.15) is 0 Å². The number of carbonyl (C=O) groups is 3. The molecule has 5 nitrogen and oxygen atoms in total. The monoisotopic (exact) mass is 196 g/mol. The van der Waals surface area contributed by atoms with Crippen LogP contribution in [0.5, 0.6) is 0 Å². The maximum Gasteiger partial charge on any atom is 0.296 e. The summed E-state index contributed by atoms with van der Waals surface area (Å²) in [6.07, 6.45) is 0.547. The van der Waals surface area contributed by atoms with E-state index >= 15 is 0 Å². The van der Waals surface area contributed by atoms with Crippen molar-refractivity contribution in [3.05, 3.63) is 0 Å². The minimum absolute atomic E-state index is 0.129. The summed E-state index contributed by atoms with van der Waals surface area (Å²) in [6, 6.07) is 0. The summed E-state index contributed by atoms with van der Waals surface area (Å²) in [4.78, 5) is 31.4.